The van der Waals surface area contributed by atoms with Gasteiger partial charge >= 0.3 is 0 Å². The van der Waals surface area contributed by atoms with E-state index in [2.05, 4.69) is 54.9 Å². The quantitative estimate of drug-likeness (QED) is 0.526. The molecule has 0 aliphatic carbocycles. The van der Waals surface area contributed by atoms with Crippen LogP contribution in [0.25, 0.3) is 10.8 Å². The van der Waals surface area contributed by atoms with E-state index in [1.807, 2.05) is 0 Å². The van der Waals surface area contributed by atoms with E-state index in [0.29, 0.717) is 0 Å². The maximum Gasteiger partial charge on any atom is 0.213 e. The fourth-order valence-corrected chi connectivity index (χ4v) is 2.59. The first-order valence-corrected chi connectivity index (χ1v) is 5.44. The molecule has 16 heavy (non-hydrogen) atoms. The molecule has 2 aromatic carbocycles. The molecule has 1 nitrogen and oxygen atoms in total. The van der Waals surface area contributed by atoms with Gasteiger partial charge in [0.2, 0.25) is 5.69 Å². The molecule has 2 aromatic rings. The van der Waals surface area contributed by atoms with Crippen molar-refractivity contribution in [1.29, 1.82) is 0 Å². The minimum Gasteiger partial charge on any atom is -1.00 e. The van der Waals surface area contributed by atoms with Crippen LogP contribution in [0.2, 0.25) is 0 Å². The van der Waals surface area contributed by atoms with Gasteiger partial charge in [0.15, 0.2) is 5.71 Å². The Labute approximate surface area is 113 Å². The van der Waals surface area contributed by atoms with Crippen molar-refractivity contribution < 1.29 is 28.6 Å². The standard InChI is InChI=1S/C14H14N.HI/c1-3-12-11-8-4-6-10-7-5-9-13(14(10)11)15(12)2;/h4-9H,3H2,1-2H3;1H/q+1;/p-1. The first-order valence-electron chi connectivity index (χ1n) is 5.44. The Kier molecular flexibility index (Phi) is 3.02. The molecule has 82 valence electrons. The van der Waals surface area contributed by atoms with Gasteiger partial charge in [-0.25, -0.2) is 0 Å². The third kappa shape index (κ3) is 1.39. The van der Waals surface area contributed by atoms with Gasteiger partial charge in [-0.05, 0) is 11.5 Å². The molecule has 3 rings (SSSR count). The largest absolute Gasteiger partial charge is 1.00 e. The summed E-state index contributed by atoms with van der Waals surface area (Å²) in [5, 5.41) is 2.76. The normalized spacial score (nSPS) is 13.1. The molecule has 0 fully saturated rings. The number of hydrogen-bond donors (Lipinski definition) is 0. The Morgan fingerprint density at radius 1 is 1.06 bits per heavy atom. The molecular formula is C14H14IN. The summed E-state index contributed by atoms with van der Waals surface area (Å²) in [7, 11) is 2.16. The maximum atomic E-state index is 2.32. The molecule has 0 N–H and O–H groups in total. The third-order valence-corrected chi connectivity index (χ3v) is 3.29. The molecule has 0 spiro atoms. The summed E-state index contributed by atoms with van der Waals surface area (Å²) < 4.78 is 2.32. The van der Waals surface area contributed by atoms with Gasteiger partial charge in [-0.1, -0.05) is 31.2 Å². The van der Waals surface area contributed by atoms with Gasteiger partial charge in [0, 0.05) is 12.5 Å². The fraction of sp³-hybridized carbons (Fsp3) is 0.214. The van der Waals surface area contributed by atoms with E-state index in [-0.39, 0.29) is 24.0 Å². The second-order valence-corrected chi connectivity index (χ2v) is 4.04. The van der Waals surface area contributed by atoms with Crippen molar-refractivity contribution in [3.63, 3.8) is 0 Å². The van der Waals surface area contributed by atoms with Crippen LogP contribution in [-0.4, -0.2) is 17.3 Å². The second kappa shape index (κ2) is 4.17. The zero-order valence-corrected chi connectivity index (χ0v) is 11.7. The number of hydrogen-bond acceptors (Lipinski definition) is 0. The molecule has 0 atom stereocenters. The lowest BCUT2D eigenvalue weighted by Gasteiger charge is -1.96. The molecule has 0 saturated heterocycles. The maximum absolute atomic E-state index is 2.32. The Bertz CT molecular complexity index is 579. The monoisotopic (exact) mass is 323 g/mol. The lowest BCUT2D eigenvalue weighted by atomic mass is 10.0. The minimum atomic E-state index is 0. The highest BCUT2D eigenvalue weighted by Gasteiger charge is 2.27. The van der Waals surface area contributed by atoms with Gasteiger partial charge in [0.25, 0.3) is 0 Å². The van der Waals surface area contributed by atoms with Crippen LogP contribution in [0.3, 0.4) is 0 Å². The van der Waals surface area contributed by atoms with Gasteiger partial charge in [-0.15, -0.1) is 0 Å². The summed E-state index contributed by atoms with van der Waals surface area (Å²) in [4.78, 5) is 0. The lowest BCUT2D eigenvalue weighted by Crippen LogP contribution is -3.00. The highest BCUT2D eigenvalue weighted by atomic mass is 127. The highest BCUT2D eigenvalue weighted by Crippen LogP contribution is 2.34. The zero-order chi connectivity index (χ0) is 10.4. The molecule has 0 saturated carbocycles. The number of benzene rings is 2. The van der Waals surface area contributed by atoms with E-state index in [9.17, 15) is 0 Å². The molecule has 1 aliphatic rings. The van der Waals surface area contributed by atoms with Gasteiger partial charge in [-0.3, -0.25) is 0 Å². The predicted octanol–water partition coefficient (Wildman–Crippen LogP) is 0.330. The van der Waals surface area contributed by atoms with Gasteiger partial charge < -0.3 is 24.0 Å². The van der Waals surface area contributed by atoms with Crippen LogP contribution in [0.1, 0.15) is 18.9 Å². The van der Waals surface area contributed by atoms with E-state index in [4.69, 9.17) is 0 Å². The summed E-state index contributed by atoms with van der Waals surface area (Å²) in [5.74, 6) is 0. The smallest absolute Gasteiger partial charge is 0.213 e. The van der Waals surface area contributed by atoms with Gasteiger partial charge in [0.1, 0.15) is 7.05 Å². The lowest BCUT2D eigenvalue weighted by molar-refractivity contribution is -0.401. The SMILES string of the molecule is CCC1=[N+](C)c2cccc3cccc1c23.[I-]. The van der Waals surface area contributed by atoms with Crippen molar-refractivity contribution in [3.05, 3.63) is 42.0 Å². The number of halogens is 1. The first kappa shape index (κ1) is 11.6. The zero-order valence-electron chi connectivity index (χ0n) is 9.50. The van der Waals surface area contributed by atoms with Crippen LogP contribution >= 0.6 is 0 Å². The summed E-state index contributed by atoms with van der Waals surface area (Å²) in [6.07, 6.45) is 1.09. The van der Waals surface area contributed by atoms with Crippen molar-refractivity contribution in [2.24, 2.45) is 0 Å². The van der Waals surface area contributed by atoms with Crippen molar-refractivity contribution in [2.45, 2.75) is 13.3 Å². The Hall–Kier alpha value is -0.900. The summed E-state index contributed by atoms with van der Waals surface area (Å²) in [6, 6.07) is 13.1. The first-order chi connectivity index (χ1) is 7.33. The van der Waals surface area contributed by atoms with Crippen LogP contribution in [-0.2, 0) is 0 Å². The van der Waals surface area contributed by atoms with Crippen molar-refractivity contribution >= 4 is 22.2 Å². The van der Waals surface area contributed by atoms with Crippen LogP contribution < -0.4 is 24.0 Å². The topological polar surface area (TPSA) is 3.01 Å². The van der Waals surface area contributed by atoms with Gasteiger partial charge in [-0.2, -0.15) is 4.58 Å². The average Bonchev–Trinajstić information content (AvgIpc) is 2.55. The molecule has 0 aromatic heterocycles. The molecule has 0 bridgehead atoms. The molecule has 0 amide bonds. The fourth-order valence-electron chi connectivity index (χ4n) is 2.59. The van der Waals surface area contributed by atoms with E-state index in [1.54, 1.807) is 0 Å². The highest BCUT2D eigenvalue weighted by molar-refractivity contribution is 6.15. The van der Waals surface area contributed by atoms with E-state index >= 15 is 0 Å². The van der Waals surface area contributed by atoms with E-state index in [1.165, 1.54) is 27.7 Å². The third-order valence-electron chi connectivity index (χ3n) is 3.29. The van der Waals surface area contributed by atoms with E-state index < -0.39 is 0 Å². The Balaban J connectivity index is 0.000000963. The van der Waals surface area contributed by atoms with E-state index in [0.717, 1.165) is 6.42 Å². The van der Waals surface area contributed by atoms with Crippen molar-refractivity contribution in [3.8, 4) is 0 Å². The van der Waals surface area contributed by atoms with Crippen LogP contribution in [0.15, 0.2) is 36.4 Å². The van der Waals surface area contributed by atoms with Crippen molar-refractivity contribution in [2.75, 3.05) is 7.05 Å². The summed E-state index contributed by atoms with van der Waals surface area (Å²) in [6.45, 7) is 2.22. The molecule has 0 unspecified atom stereocenters. The molecule has 2 heteroatoms. The molecule has 1 aliphatic heterocycles. The second-order valence-electron chi connectivity index (χ2n) is 4.04. The van der Waals surface area contributed by atoms with Gasteiger partial charge in [0.05, 0.1) is 10.9 Å². The molecule has 1 heterocycles. The molecular weight excluding hydrogens is 309 g/mol. The summed E-state index contributed by atoms with van der Waals surface area (Å²) in [5.41, 5.74) is 4.19. The minimum absolute atomic E-state index is 0. The Morgan fingerprint density at radius 3 is 2.44 bits per heavy atom. The number of rotatable bonds is 1. The number of nitrogens with zero attached hydrogens (tertiary/aromatic N) is 1. The average molecular weight is 323 g/mol. The predicted molar refractivity (Wildman–Crippen MR) is 64.2 cm³/mol. The van der Waals surface area contributed by atoms with Crippen LogP contribution in [0, 0.1) is 0 Å². The van der Waals surface area contributed by atoms with Crippen molar-refractivity contribution in [1.82, 2.24) is 0 Å². The molecule has 0 radical (unpaired) electrons. The Morgan fingerprint density at radius 2 is 1.75 bits per heavy atom. The van der Waals surface area contributed by atoms with Crippen LogP contribution in [0.5, 0.6) is 0 Å². The summed E-state index contributed by atoms with van der Waals surface area (Å²) >= 11 is 0. The van der Waals surface area contributed by atoms with Crippen LogP contribution in [0.4, 0.5) is 5.69 Å².